The fourth-order valence-corrected chi connectivity index (χ4v) is 5.09. The van der Waals surface area contributed by atoms with E-state index in [1.165, 1.54) is 25.0 Å². The first kappa shape index (κ1) is 20.2. The average molecular weight is 503 g/mol. The van der Waals surface area contributed by atoms with Gasteiger partial charge in [0.05, 0.1) is 25.4 Å². The van der Waals surface area contributed by atoms with Crippen molar-refractivity contribution in [3.63, 3.8) is 0 Å². The lowest BCUT2D eigenvalue weighted by atomic mass is 9.82. The molecule has 0 spiro atoms. The number of hydrogen-bond donors (Lipinski definition) is 1. The van der Waals surface area contributed by atoms with Crippen molar-refractivity contribution in [1.29, 1.82) is 0 Å². The minimum atomic E-state index is -0.275. The maximum Gasteiger partial charge on any atom is 0.194 e. The number of guanidine groups is 1. The second kappa shape index (κ2) is 8.31. The van der Waals surface area contributed by atoms with Gasteiger partial charge in [-0.15, -0.1) is 24.0 Å². The smallest absolute Gasteiger partial charge is 0.194 e. The average Bonchev–Trinajstić information content (AvgIpc) is 3.37. The first-order valence-corrected chi connectivity index (χ1v) is 9.93. The lowest BCUT2D eigenvalue weighted by Crippen LogP contribution is -2.41. The van der Waals surface area contributed by atoms with E-state index < -0.39 is 0 Å². The van der Waals surface area contributed by atoms with Gasteiger partial charge in [0.1, 0.15) is 11.6 Å². The lowest BCUT2D eigenvalue weighted by Gasteiger charge is -2.24. The Morgan fingerprint density at radius 2 is 2.00 bits per heavy atom. The van der Waals surface area contributed by atoms with Gasteiger partial charge in [0.25, 0.3) is 0 Å². The highest BCUT2D eigenvalue weighted by Crippen LogP contribution is 2.47. The molecule has 0 aliphatic carbocycles. The zero-order chi connectivity index (χ0) is 18.4. The molecule has 0 saturated carbocycles. The van der Waals surface area contributed by atoms with Crippen molar-refractivity contribution in [1.82, 2.24) is 10.2 Å². The second-order valence-electron chi connectivity index (χ2n) is 7.86. The molecule has 1 aromatic carbocycles. The predicted octanol–water partition coefficient (Wildman–Crippen LogP) is 2.88. The number of nitrogens with zero attached hydrogens (tertiary/aromatic N) is 2. The highest BCUT2D eigenvalue weighted by atomic mass is 127. The van der Waals surface area contributed by atoms with Crippen LogP contribution in [0.15, 0.2) is 17.1 Å². The van der Waals surface area contributed by atoms with Gasteiger partial charge in [-0.05, 0) is 31.9 Å². The second-order valence-corrected chi connectivity index (χ2v) is 7.86. The molecule has 4 aliphatic heterocycles. The zero-order valence-electron chi connectivity index (χ0n) is 16.0. The quantitative estimate of drug-likeness (QED) is 0.391. The van der Waals surface area contributed by atoms with E-state index in [9.17, 15) is 4.39 Å². The molecular weight excluding hydrogens is 476 g/mol. The van der Waals surface area contributed by atoms with Crippen LogP contribution in [0.4, 0.5) is 4.39 Å². The fourth-order valence-electron chi connectivity index (χ4n) is 5.09. The van der Waals surface area contributed by atoms with Gasteiger partial charge in [-0.25, -0.2) is 9.38 Å². The molecule has 6 nitrogen and oxygen atoms in total. The van der Waals surface area contributed by atoms with Crippen LogP contribution in [-0.2, 0) is 22.6 Å². The van der Waals surface area contributed by atoms with Crippen molar-refractivity contribution in [3.05, 3.63) is 29.1 Å². The molecule has 4 heterocycles. The minimum absolute atomic E-state index is 0. The summed E-state index contributed by atoms with van der Waals surface area (Å²) in [7, 11) is 0. The van der Waals surface area contributed by atoms with Crippen LogP contribution in [0.5, 0.6) is 5.75 Å². The largest absolute Gasteiger partial charge is 0.467 e. The van der Waals surface area contributed by atoms with Crippen LogP contribution in [0.2, 0.25) is 0 Å². The summed E-state index contributed by atoms with van der Waals surface area (Å²) < 4.78 is 30.9. The molecule has 1 aromatic rings. The monoisotopic (exact) mass is 503 g/mol. The van der Waals surface area contributed by atoms with Crippen molar-refractivity contribution < 1.29 is 18.6 Å². The van der Waals surface area contributed by atoms with Crippen LogP contribution < -0.4 is 10.1 Å². The van der Waals surface area contributed by atoms with Crippen molar-refractivity contribution in [2.24, 2.45) is 16.8 Å². The third-order valence-electron chi connectivity index (χ3n) is 6.24. The Kier molecular flexibility index (Phi) is 5.98. The van der Waals surface area contributed by atoms with E-state index in [0.717, 1.165) is 36.7 Å². The Bertz CT molecular complexity index is 744. The minimum Gasteiger partial charge on any atom is -0.467 e. The van der Waals surface area contributed by atoms with Crippen LogP contribution in [0, 0.1) is 17.7 Å². The van der Waals surface area contributed by atoms with E-state index >= 15 is 0 Å². The van der Waals surface area contributed by atoms with Crippen LogP contribution in [-0.4, -0.2) is 49.5 Å². The van der Waals surface area contributed by atoms with E-state index in [2.05, 4.69) is 17.1 Å². The summed E-state index contributed by atoms with van der Waals surface area (Å²) in [5.41, 5.74) is 1.52. The summed E-state index contributed by atoms with van der Waals surface area (Å²) in [6.45, 7) is 5.82. The summed E-state index contributed by atoms with van der Waals surface area (Å²) in [5, 5.41) is 3.40. The van der Waals surface area contributed by atoms with Crippen LogP contribution in [0.3, 0.4) is 0 Å². The SMILES string of the molecule is CCNC(=NCc1cc(F)cc2c1OCOC2)N1CC2C3CCC(O3)C2C1.I. The molecule has 0 aromatic heterocycles. The van der Waals surface area contributed by atoms with E-state index in [1.54, 1.807) is 0 Å². The summed E-state index contributed by atoms with van der Waals surface area (Å²) in [6.07, 6.45) is 3.25. The number of nitrogens with one attached hydrogen (secondary N) is 1. The predicted molar refractivity (Wildman–Crippen MR) is 113 cm³/mol. The van der Waals surface area contributed by atoms with Gasteiger partial charge in [-0.3, -0.25) is 0 Å². The molecule has 1 N–H and O–H groups in total. The Morgan fingerprint density at radius 1 is 1.25 bits per heavy atom. The Labute approximate surface area is 181 Å². The topological polar surface area (TPSA) is 55.3 Å². The van der Waals surface area contributed by atoms with E-state index in [1.807, 2.05) is 0 Å². The van der Waals surface area contributed by atoms with Crippen molar-refractivity contribution in [2.75, 3.05) is 26.4 Å². The third-order valence-corrected chi connectivity index (χ3v) is 6.24. The highest BCUT2D eigenvalue weighted by molar-refractivity contribution is 14.0. The van der Waals surface area contributed by atoms with E-state index in [-0.39, 0.29) is 36.6 Å². The fraction of sp³-hybridized carbons (Fsp3) is 0.650. The summed E-state index contributed by atoms with van der Waals surface area (Å²) in [4.78, 5) is 7.17. The van der Waals surface area contributed by atoms with Gasteiger partial charge < -0.3 is 24.4 Å². The number of hydrogen-bond acceptors (Lipinski definition) is 4. The molecule has 3 saturated heterocycles. The Balaban J connectivity index is 0.00000192. The van der Waals surface area contributed by atoms with E-state index in [0.29, 0.717) is 42.9 Å². The molecule has 3 fully saturated rings. The molecular formula is C20H27FIN3O3. The van der Waals surface area contributed by atoms with Gasteiger partial charge >= 0.3 is 0 Å². The standard InChI is InChI=1S/C20H26FN3O3.HI/c1-2-22-20(24-8-15-16(9-24)18-4-3-17(15)27-18)23-7-12-5-14(21)6-13-10-25-11-26-19(12)13;/h5-6,15-18H,2-4,7-11H2,1H3,(H,22,23);1H. The van der Waals surface area contributed by atoms with Crippen LogP contribution in [0.25, 0.3) is 0 Å². The molecule has 8 heteroatoms. The first-order valence-electron chi connectivity index (χ1n) is 9.93. The van der Waals surface area contributed by atoms with Crippen molar-refractivity contribution in [3.8, 4) is 5.75 Å². The van der Waals surface area contributed by atoms with Gasteiger partial charge in [0.2, 0.25) is 0 Å². The maximum atomic E-state index is 14.0. The molecule has 4 unspecified atom stereocenters. The molecule has 2 bridgehead atoms. The van der Waals surface area contributed by atoms with Crippen LogP contribution in [0.1, 0.15) is 30.9 Å². The lowest BCUT2D eigenvalue weighted by molar-refractivity contribution is -0.0172. The van der Waals surface area contributed by atoms with Gasteiger partial charge in [-0.1, -0.05) is 0 Å². The van der Waals surface area contributed by atoms with Gasteiger partial charge in [0, 0.05) is 42.6 Å². The number of ether oxygens (including phenoxy) is 3. The molecule has 4 atom stereocenters. The molecule has 4 aliphatic rings. The van der Waals surface area contributed by atoms with Crippen molar-refractivity contribution in [2.45, 2.75) is 45.1 Å². The maximum absolute atomic E-state index is 14.0. The summed E-state index contributed by atoms with van der Waals surface area (Å²) in [5.74, 6) is 2.58. The zero-order valence-corrected chi connectivity index (χ0v) is 18.4. The van der Waals surface area contributed by atoms with Gasteiger partial charge in [0.15, 0.2) is 12.8 Å². The number of benzene rings is 1. The highest BCUT2D eigenvalue weighted by Gasteiger charge is 2.53. The van der Waals surface area contributed by atoms with Gasteiger partial charge in [-0.2, -0.15) is 0 Å². The normalized spacial score (nSPS) is 30.5. The summed E-state index contributed by atoms with van der Waals surface area (Å²) >= 11 is 0. The Morgan fingerprint density at radius 3 is 2.71 bits per heavy atom. The Hall–Kier alpha value is -1.13. The van der Waals surface area contributed by atoms with Crippen molar-refractivity contribution >= 4 is 29.9 Å². The van der Waals surface area contributed by atoms with E-state index in [4.69, 9.17) is 19.2 Å². The number of fused-ring (bicyclic) bond motifs is 6. The molecule has 0 amide bonds. The molecule has 154 valence electrons. The number of rotatable bonds is 3. The third kappa shape index (κ3) is 3.59. The van der Waals surface area contributed by atoms with Crippen LogP contribution >= 0.6 is 24.0 Å². The molecule has 28 heavy (non-hydrogen) atoms. The first-order chi connectivity index (χ1) is 13.2. The number of halogens is 2. The summed E-state index contributed by atoms with van der Waals surface area (Å²) in [6, 6.07) is 2.99. The number of likely N-dealkylation sites (tertiary alicyclic amines) is 1. The molecule has 5 rings (SSSR count). The molecule has 0 radical (unpaired) electrons. The number of aliphatic imine (C=N–C) groups is 1.